The van der Waals surface area contributed by atoms with Gasteiger partial charge in [0.1, 0.15) is 7.47 Å². The molecule has 0 aliphatic rings. The normalized spacial score (nSPS) is 11.5. The van der Waals surface area contributed by atoms with Gasteiger partial charge in [-0.25, -0.2) is 0 Å². The molecule has 0 N–H and O–H groups in total. The van der Waals surface area contributed by atoms with Crippen LogP contribution in [0.2, 0.25) is 0 Å². The van der Waals surface area contributed by atoms with E-state index in [0.717, 1.165) is 9.75 Å². The Labute approximate surface area is 111 Å². The van der Waals surface area contributed by atoms with Crippen LogP contribution in [0.1, 0.15) is 17.2 Å². The predicted octanol–water partition coefficient (Wildman–Crippen LogP) is 4.75. The van der Waals surface area contributed by atoms with Crippen molar-refractivity contribution in [1.82, 2.24) is 0 Å². The summed E-state index contributed by atoms with van der Waals surface area (Å²) in [5.41, 5.74) is 0. The van der Waals surface area contributed by atoms with E-state index in [4.69, 9.17) is 0 Å². The first-order valence-electron chi connectivity index (χ1n) is 2.72. The summed E-state index contributed by atoms with van der Waals surface area (Å²) in [5, 5.41) is 0. The zero-order valence-corrected chi connectivity index (χ0v) is 13.4. The first kappa shape index (κ1) is 11.8. The zero-order chi connectivity index (χ0) is 9.30. The Morgan fingerprint density at radius 2 is 1.25 bits per heavy atom. The molecule has 1 aromatic heterocycles. The minimum Gasteiger partial charge on any atom is -0.265 e. The van der Waals surface area contributed by atoms with Crippen LogP contribution in [0.15, 0.2) is 4.79 Å². The van der Waals surface area contributed by atoms with Crippen LogP contribution in [0.4, 0.5) is 0 Å². The lowest BCUT2D eigenvalue weighted by atomic mass is 10.5. The van der Waals surface area contributed by atoms with E-state index in [1.54, 1.807) is 0 Å². The molecule has 1 rings (SSSR count). The van der Waals surface area contributed by atoms with Crippen molar-refractivity contribution >= 4 is 86.4 Å². The molecule has 1 heterocycles. The van der Waals surface area contributed by atoms with Gasteiger partial charge in [-0.05, 0) is 0 Å². The first-order chi connectivity index (χ1) is 5.52. The lowest BCUT2D eigenvalue weighted by molar-refractivity contribution is 1.43. The van der Waals surface area contributed by atoms with E-state index in [9.17, 15) is 4.79 Å². The Hall–Kier alpha value is 1.77. The third kappa shape index (κ3) is 2.88. The molecule has 0 radical (unpaired) electrons. The van der Waals surface area contributed by atoms with Gasteiger partial charge in [0.05, 0.1) is 0 Å². The van der Waals surface area contributed by atoms with Gasteiger partial charge in [0.15, 0.2) is 0 Å². The van der Waals surface area contributed by atoms with Gasteiger partial charge in [-0.2, -0.15) is 0 Å². The summed E-state index contributed by atoms with van der Waals surface area (Å²) in [5.74, 6) is 0. The largest absolute Gasteiger partial charge is 0.288 e. The maximum absolute atomic E-state index is 11.1. The van der Waals surface area contributed by atoms with Crippen LogP contribution in [-0.2, 0) is 0 Å². The van der Waals surface area contributed by atoms with Crippen LogP contribution in [-0.4, -0.2) is 0 Å². The van der Waals surface area contributed by atoms with Gasteiger partial charge >= 0.3 is 0 Å². The van der Waals surface area contributed by atoms with Crippen LogP contribution in [0.3, 0.4) is 0 Å². The highest BCUT2D eigenvalue weighted by atomic mass is 79.9. The van der Waals surface area contributed by atoms with E-state index in [1.807, 2.05) is 0 Å². The van der Waals surface area contributed by atoms with E-state index < -0.39 is 0 Å². The fourth-order valence-electron chi connectivity index (χ4n) is 0.605. The molecule has 0 saturated carbocycles. The van der Waals surface area contributed by atoms with Crippen molar-refractivity contribution in [3.63, 3.8) is 0 Å². The smallest absolute Gasteiger partial charge is 0.265 e. The molecule has 0 spiro atoms. The van der Waals surface area contributed by atoms with Crippen LogP contribution in [0, 0.1) is 0 Å². The Morgan fingerprint density at radius 3 is 1.50 bits per heavy atom. The van der Waals surface area contributed by atoms with Crippen molar-refractivity contribution in [2.75, 3.05) is 0 Å². The molecule has 0 unspecified atom stereocenters. The molecular weight excluding hydrogens is 460 g/mol. The third-order valence-corrected chi connectivity index (χ3v) is 6.38. The average Bonchev–Trinajstić information content (AvgIpc) is 2.31. The maximum Gasteiger partial charge on any atom is 0.288 e. The van der Waals surface area contributed by atoms with Crippen molar-refractivity contribution < 1.29 is 0 Å². The van der Waals surface area contributed by atoms with Gasteiger partial charge in [-0.1, -0.05) is 86.4 Å². The monoisotopic (exact) mass is 458 g/mol. The van der Waals surface area contributed by atoms with E-state index in [2.05, 4.69) is 63.7 Å². The molecule has 0 aliphatic heterocycles. The summed E-state index contributed by atoms with van der Waals surface area (Å²) in [4.78, 5) is 13.1. The molecule has 0 bridgehead atoms. The fraction of sp³-hybridized carbons (Fsp3) is 0.400. The predicted molar refractivity (Wildman–Crippen MR) is 69.7 cm³/mol. The van der Waals surface area contributed by atoms with Crippen molar-refractivity contribution in [1.29, 1.82) is 0 Å². The number of hydrogen-bond acceptors (Lipinski definition) is 3. The number of halogens is 4. The molecule has 0 amide bonds. The van der Waals surface area contributed by atoms with Crippen molar-refractivity contribution in [2.45, 2.75) is 7.47 Å². The fourth-order valence-corrected chi connectivity index (χ4v) is 5.25. The second-order valence-electron chi connectivity index (χ2n) is 1.78. The number of rotatable bonds is 2. The number of alkyl halides is 4. The van der Waals surface area contributed by atoms with Gasteiger partial charge in [0.25, 0.3) is 4.06 Å². The lowest BCUT2D eigenvalue weighted by Crippen LogP contribution is -1.81. The summed E-state index contributed by atoms with van der Waals surface area (Å²) in [6.07, 6.45) is 0. The molecule has 0 atom stereocenters. The standard InChI is InChI=1S/C5H2Br4OS2/c6-3(7)1-2(4(8)9)12-5(10)11-1/h3-4H. The van der Waals surface area contributed by atoms with Gasteiger partial charge in [0, 0.05) is 9.75 Å². The first-order valence-corrected chi connectivity index (χ1v) is 8.02. The summed E-state index contributed by atoms with van der Waals surface area (Å²) in [6, 6.07) is 0. The SMILES string of the molecule is O=c1sc(C(Br)Br)c(C(Br)Br)s1. The Kier molecular flexibility index (Phi) is 4.96. The molecule has 0 aliphatic carbocycles. The summed E-state index contributed by atoms with van der Waals surface area (Å²) in [7, 11) is 0. The molecule has 68 valence electrons. The molecule has 7 heteroatoms. The molecule has 0 saturated heterocycles. The van der Waals surface area contributed by atoms with Crippen molar-refractivity contribution in [3.8, 4) is 0 Å². The van der Waals surface area contributed by atoms with Gasteiger partial charge in [-0.3, -0.25) is 4.79 Å². The Balaban J connectivity index is 3.17. The van der Waals surface area contributed by atoms with Gasteiger partial charge < -0.3 is 0 Å². The molecule has 1 nitrogen and oxygen atoms in total. The van der Waals surface area contributed by atoms with Crippen LogP contribution in [0.25, 0.3) is 0 Å². The van der Waals surface area contributed by atoms with Gasteiger partial charge in [0.2, 0.25) is 0 Å². The van der Waals surface area contributed by atoms with Crippen LogP contribution < -0.4 is 4.06 Å². The molecule has 1 aromatic rings. The maximum atomic E-state index is 11.1. The lowest BCUT2D eigenvalue weighted by Gasteiger charge is -2.02. The zero-order valence-electron chi connectivity index (χ0n) is 5.39. The van der Waals surface area contributed by atoms with Gasteiger partial charge in [-0.15, -0.1) is 0 Å². The second kappa shape index (κ2) is 5.02. The summed E-state index contributed by atoms with van der Waals surface area (Å²) < 4.78 is 0.232. The summed E-state index contributed by atoms with van der Waals surface area (Å²) in [6.45, 7) is 0. The van der Waals surface area contributed by atoms with E-state index in [1.165, 1.54) is 22.7 Å². The molecule has 12 heavy (non-hydrogen) atoms. The van der Waals surface area contributed by atoms with Crippen LogP contribution in [0.5, 0.6) is 0 Å². The number of hydrogen-bond donors (Lipinski definition) is 0. The molecule has 0 fully saturated rings. The molecule has 0 aromatic carbocycles. The third-order valence-electron chi connectivity index (χ3n) is 1.03. The van der Waals surface area contributed by atoms with Crippen molar-refractivity contribution in [3.05, 3.63) is 18.6 Å². The average molecular weight is 462 g/mol. The van der Waals surface area contributed by atoms with E-state index in [-0.39, 0.29) is 11.5 Å². The minimum absolute atomic E-state index is 0.0570. The highest BCUT2D eigenvalue weighted by molar-refractivity contribution is 9.24. The highest BCUT2D eigenvalue weighted by Crippen LogP contribution is 2.43. The minimum atomic E-state index is 0.0570. The Morgan fingerprint density at radius 1 is 0.917 bits per heavy atom. The topological polar surface area (TPSA) is 17.1 Å². The van der Waals surface area contributed by atoms with E-state index >= 15 is 0 Å². The quantitative estimate of drug-likeness (QED) is 0.581. The van der Waals surface area contributed by atoms with E-state index in [0.29, 0.717) is 0 Å². The summed E-state index contributed by atoms with van der Waals surface area (Å²) >= 11 is 16.0. The second-order valence-corrected chi connectivity index (χ2v) is 10.2. The van der Waals surface area contributed by atoms with Crippen molar-refractivity contribution in [2.24, 2.45) is 0 Å². The Bertz CT molecular complexity index is 287. The highest BCUT2D eigenvalue weighted by Gasteiger charge is 2.18. The molecular formula is C5H2Br4OS2. The van der Waals surface area contributed by atoms with Crippen LogP contribution >= 0.6 is 86.4 Å².